The Kier molecular flexibility index (Phi) is 4.68. The van der Waals surface area contributed by atoms with Crippen LogP contribution in [-0.4, -0.2) is 35.1 Å². The maximum Gasteiger partial charge on any atom is 0.268 e. The molecule has 0 bridgehead atoms. The number of benzene rings is 1. The fourth-order valence-electron chi connectivity index (χ4n) is 3.39. The topological polar surface area (TPSA) is 84.1 Å². The van der Waals surface area contributed by atoms with E-state index in [-0.39, 0.29) is 28.6 Å². The van der Waals surface area contributed by atoms with Crippen molar-refractivity contribution in [2.75, 3.05) is 13.2 Å². The third-order valence-corrected chi connectivity index (χ3v) is 4.82. The zero-order valence-electron chi connectivity index (χ0n) is 14.4. The summed E-state index contributed by atoms with van der Waals surface area (Å²) in [4.78, 5) is 31.6. The molecular weight excluding hydrogens is 349 g/mol. The molecule has 2 atom stereocenters. The molecule has 1 aliphatic heterocycles. The van der Waals surface area contributed by atoms with Crippen LogP contribution in [0.1, 0.15) is 16.1 Å². The number of halogens is 1. The highest BCUT2D eigenvalue weighted by atomic mass is 19.1. The molecule has 0 radical (unpaired) electrons. The van der Waals surface area contributed by atoms with Crippen LogP contribution in [0.15, 0.2) is 53.6 Å². The summed E-state index contributed by atoms with van der Waals surface area (Å²) in [7, 11) is 0. The van der Waals surface area contributed by atoms with E-state index in [0.717, 1.165) is 12.0 Å². The SMILES string of the molecule is O=C(N[C@@H]1COC[C@H]1Cc1ccncc1)c1cc(=O)c2cccc(F)c2[nH]1. The maximum absolute atomic E-state index is 14.0. The molecule has 1 aliphatic rings. The van der Waals surface area contributed by atoms with E-state index < -0.39 is 17.2 Å². The van der Waals surface area contributed by atoms with Crippen LogP contribution in [0.2, 0.25) is 0 Å². The number of hydrogen-bond acceptors (Lipinski definition) is 4. The number of nitrogens with zero attached hydrogens (tertiary/aromatic N) is 1. The standard InChI is InChI=1S/C20H18FN3O3/c21-15-3-1-2-14-18(25)9-16(23-19(14)15)20(26)24-17-11-27-10-13(17)8-12-4-6-22-7-5-12/h1-7,9,13,17H,8,10-11H2,(H,23,25)(H,24,26)/t13-,17-/m1/s1. The Morgan fingerprint density at radius 1 is 1.26 bits per heavy atom. The molecule has 138 valence electrons. The van der Waals surface area contributed by atoms with Crippen LogP contribution in [0.3, 0.4) is 0 Å². The molecule has 3 aromatic rings. The lowest BCUT2D eigenvalue weighted by molar-refractivity contribution is 0.0920. The zero-order chi connectivity index (χ0) is 18.8. The first-order valence-electron chi connectivity index (χ1n) is 8.71. The molecule has 0 saturated carbocycles. The lowest BCUT2D eigenvalue weighted by Gasteiger charge is -2.19. The summed E-state index contributed by atoms with van der Waals surface area (Å²) in [6, 6.07) is 9.10. The lowest BCUT2D eigenvalue weighted by atomic mass is 9.95. The van der Waals surface area contributed by atoms with Gasteiger partial charge in [-0.2, -0.15) is 0 Å². The normalized spacial score (nSPS) is 19.3. The summed E-state index contributed by atoms with van der Waals surface area (Å²) in [6.07, 6.45) is 4.20. The molecule has 27 heavy (non-hydrogen) atoms. The minimum Gasteiger partial charge on any atom is -0.379 e. The average Bonchev–Trinajstić information content (AvgIpc) is 3.10. The van der Waals surface area contributed by atoms with Crippen molar-refractivity contribution >= 4 is 16.8 Å². The predicted molar refractivity (Wildman–Crippen MR) is 98.0 cm³/mol. The monoisotopic (exact) mass is 367 g/mol. The first-order valence-corrected chi connectivity index (χ1v) is 8.71. The Hall–Kier alpha value is -3.06. The van der Waals surface area contributed by atoms with E-state index in [1.54, 1.807) is 12.4 Å². The van der Waals surface area contributed by atoms with Crippen molar-refractivity contribution in [1.82, 2.24) is 15.3 Å². The Labute approximate surface area is 154 Å². The number of ether oxygens (including phenoxy) is 1. The van der Waals surface area contributed by atoms with Gasteiger partial charge < -0.3 is 15.0 Å². The summed E-state index contributed by atoms with van der Waals surface area (Å²) in [5.74, 6) is -0.910. The molecular formula is C20H18FN3O3. The molecule has 3 heterocycles. The van der Waals surface area contributed by atoms with Crippen molar-refractivity contribution in [3.63, 3.8) is 0 Å². The van der Waals surface area contributed by atoms with Gasteiger partial charge in [0.25, 0.3) is 5.91 Å². The van der Waals surface area contributed by atoms with E-state index in [2.05, 4.69) is 15.3 Å². The fraction of sp³-hybridized carbons (Fsp3) is 0.250. The summed E-state index contributed by atoms with van der Waals surface area (Å²) in [5, 5.41) is 3.12. The van der Waals surface area contributed by atoms with Gasteiger partial charge in [0.15, 0.2) is 5.43 Å². The number of H-pyrrole nitrogens is 1. The number of rotatable bonds is 4. The number of carbonyl (C=O) groups excluding carboxylic acids is 1. The van der Waals surface area contributed by atoms with Crippen molar-refractivity contribution in [1.29, 1.82) is 0 Å². The number of nitrogens with one attached hydrogen (secondary N) is 2. The molecule has 1 saturated heterocycles. The number of amides is 1. The second-order valence-electron chi connectivity index (χ2n) is 6.65. The number of carbonyl (C=O) groups is 1. The fourth-order valence-corrected chi connectivity index (χ4v) is 3.39. The summed E-state index contributed by atoms with van der Waals surface area (Å²) < 4.78 is 19.5. The van der Waals surface area contributed by atoms with E-state index >= 15 is 0 Å². The average molecular weight is 367 g/mol. The minimum atomic E-state index is -0.570. The molecule has 1 fully saturated rings. The van der Waals surface area contributed by atoms with E-state index in [9.17, 15) is 14.0 Å². The second kappa shape index (κ2) is 7.28. The second-order valence-corrected chi connectivity index (χ2v) is 6.65. The summed E-state index contributed by atoms with van der Waals surface area (Å²) in [6.45, 7) is 0.934. The number of para-hydroxylation sites is 1. The van der Waals surface area contributed by atoms with E-state index in [0.29, 0.717) is 13.2 Å². The number of fused-ring (bicyclic) bond motifs is 1. The van der Waals surface area contributed by atoms with Gasteiger partial charge in [0.05, 0.1) is 24.8 Å². The maximum atomic E-state index is 14.0. The van der Waals surface area contributed by atoms with Crippen LogP contribution in [0.4, 0.5) is 4.39 Å². The van der Waals surface area contributed by atoms with Crippen molar-refractivity contribution in [2.45, 2.75) is 12.5 Å². The molecule has 1 amide bonds. The summed E-state index contributed by atoms with van der Waals surface area (Å²) >= 11 is 0. The van der Waals surface area contributed by atoms with Gasteiger partial charge in [-0.3, -0.25) is 14.6 Å². The van der Waals surface area contributed by atoms with Crippen LogP contribution in [0.25, 0.3) is 10.9 Å². The van der Waals surface area contributed by atoms with Crippen molar-refractivity contribution < 1.29 is 13.9 Å². The van der Waals surface area contributed by atoms with Crippen LogP contribution in [-0.2, 0) is 11.2 Å². The molecule has 2 aromatic heterocycles. The highest BCUT2D eigenvalue weighted by Crippen LogP contribution is 2.19. The Morgan fingerprint density at radius 3 is 2.89 bits per heavy atom. The molecule has 1 aromatic carbocycles. The Bertz CT molecular complexity index is 1040. The van der Waals surface area contributed by atoms with Crippen LogP contribution in [0.5, 0.6) is 0 Å². The third kappa shape index (κ3) is 3.59. The highest BCUT2D eigenvalue weighted by molar-refractivity contribution is 5.95. The molecule has 0 unspecified atom stereocenters. The smallest absolute Gasteiger partial charge is 0.268 e. The van der Waals surface area contributed by atoms with Crippen molar-refractivity contribution in [3.8, 4) is 0 Å². The molecule has 6 nitrogen and oxygen atoms in total. The van der Waals surface area contributed by atoms with Crippen molar-refractivity contribution in [2.24, 2.45) is 5.92 Å². The van der Waals surface area contributed by atoms with Gasteiger partial charge in [-0.1, -0.05) is 6.07 Å². The van der Waals surface area contributed by atoms with Gasteiger partial charge in [-0.15, -0.1) is 0 Å². The molecule has 4 rings (SSSR count). The van der Waals surface area contributed by atoms with E-state index in [1.807, 2.05) is 12.1 Å². The minimum absolute atomic E-state index is 0.0335. The quantitative estimate of drug-likeness (QED) is 0.739. The van der Waals surface area contributed by atoms with Crippen LogP contribution >= 0.6 is 0 Å². The first kappa shape index (κ1) is 17.4. The van der Waals surface area contributed by atoms with Gasteiger partial charge in [0.1, 0.15) is 11.5 Å². The lowest BCUT2D eigenvalue weighted by Crippen LogP contribution is -2.41. The number of pyridine rings is 2. The zero-order valence-corrected chi connectivity index (χ0v) is 14.4. The molecule has 0 aliphatic carbocycles. The van der Waals surface area contributed by atoms with E-state index in [4.69, 9.17) is 4.74 Å². The van der Waals surface area contributed by atoms with Crippen molar-refractivity contribution in [3.05, 3.63) is 76.1 Å². The predicted octanol–water partition coefficient (Wildman–Crippen LogP) is 2.05. The summed E-state index contributed by atoms with van der Waals surface area (Å²) in [5.41, 5.74) is 0.781. The van der Waals surface area contributed by atoms with Gasteiger partial charge in [-0.25, -0.2) is 4.39 Å². The molecule has 7 heteroatoms. The van der Waals surface area contributed by atoms with E-state index in [1.165, 1.54) is 24.3 Å². The van der Waals surface area contributed by atoms with Crippen LogP contribution in [0, 0.1) is 11.7 Å². The Balaban J connectivity index is 1.54. The third-order valence-electron chi connectivity index (χ3n) is 4.82. The molecule has 2 N–H and O–H groups in total. The molecule has 0 spiro atoms. The number of aromatic amines is 1. The van der Waals surface area contributed by atoms with Gasteiger partial charge in [0, 0.05) is 29.8 Å². The first-order chi connectivity index (χ1) is 13.1. The number of aromatic nitrogens is 2. The van der Waals surface area contributed by atoms with Gasteiger partial charge >= 0.3 is 0 Å². The number of hydrogen-bond donors (Lipinski definition) is 2. The Morgan fingerprint density at radius 2 is 2.07 bits per heavy atom. The van der Waals surface area contributed by atoms with Crippen LogP contribution < -0.4 is 10.7 Å². The van der Waals surface area contributed by atoms with Gasteiger partial charge in [0.2, 0.25) is 0 Å². The largest absolute Gasteiger partial charge is 0.379 e. The highest BCUT2D eigenvalue weighted by Gasteiger charge is 2.30. The van der Waals surface area contributed by atoms with Gasteiger partial charge in [-0.05, 0) is 36.2 Å².